The fourth-order valence-corrected chi connectivity index (χ4v) is 1.86. The molecule has 1 aromatic carbocycles. The van der Waals surface area contributed by atoms with E-state index in [1.807, 2.05) is 6.92 Å². The minimum atomic E-state index is 0.183. The second kappa shape index (κ2) is 7.64. The topological polar surface area (TPSA) is 9.23 Å². The minimum absolute atomic E-state index is 0.183. The van der Waals surface area contributed by atoms with Gasteiger partial charge in [-0.1, -0.05) is 59.7 Å². The summed E-state index contributed by atoms with van der Waals surface area (Å²) in [5.74, 6) is 0. The highest BCUT2D eigenvalue weighted by Crippen LogP contribution is 2.30. The Hall–Kier alpha value is -1.08. The molecule has 0 N–H and O–H groups in total. The zero-order chi connectivity index (χ0) is 16.0. The van der Waals surface area contributed by atoms with Gasteiger partial charge in [-0.15, -0.1) is 13.2 Å². The van der Waals surface area contributed by atoms with Crippen LogP contribution in [0.5, 0.6) is 0 Å². The monoisotopic (exact) mass is 276 g/mol. The van der Waals surface area contributed by atoms with Gasteiger partial charge in [-0.25, -0.2) is 0 Å². The summed E-state index contributed by atoms with van der Waals surface area (Å²) in [7, 11) is 0. The van der Waals surface area contributed by atoms with E-state index in [1.165, 1.54) is 16.7 Å². The van der Waals surface area contributed by atoms with E-state index < -0.39 is 0 Å². The number of benzene rings is 1. The summed E-state index contributed by atoms with van der Waals surface area (Å²) in [5.41, 5.74) is 4.44. The van der Waals surface area contributed by atoms with Gasteiger partial charge in [0.25, 0.3) is 0 Å². The van der Waals surface area contributed by atoms with Gasteiger partial charge in [0.1, 0.15) is 0 Å². The lowest BCUT2D eigenvalue weighted by Crippen LogP contribution is -2.17. The van der Waals surface area contributed by atoms with Crippen molar-refractivity contribution < 1.29 is 4.74 Å². The average Bonchev–Trinajstić information content (AvgIpc) is 2.36. The zero-order valence-electron chi connectivity index (χ0n) is 14.5. The van der Waals surface area contributed by atoms with Crippen LogP contribution in [0.3, 0.4) is 0 Å². The predicted molar refractivity (Wildman–Crippen MR) is 90.4 cm³/mol. The average molecular weight is 276 g/mol. The SMILES string of the molecule is C=C.CCOCc1cc(C(C)(C)C)cc(C(C)(C)C)c1. The lowest BCUT2D eigenvalue weighted by Gasteiger charge is -2.26. The quantitative estimate of drug-likeness (QED) is 0.651. The van der Waals surface area contributed by atoms with Crippen LogP contribution < -0.4 is 0 Å². The van der Waals surface area contributed by atoms with Crippen LogP contribution in [0, 0.1) is 0 Å². The molecule has 0 radical (unpaired) electrons. The highest BCUT2D eigenvalue weighted by Gasteiger charge is 2.20. The molecule has 1 rings (SSSR count). The van der Waals surface area contributed by atoms with Crippen LogP contribution in [-0.4, -0.2) is 6.61 Å². The van der Waals surface area contributed by atoms with Gasteiger partial charge in [-0.05, 0) is 34.4 Å². The van der Waals surface area contributed by atoms with E-state index in [9.17, 15) is 0 Å². The summed E-state index contributed by atoms with van der Waals surface area (Å²) in [4.78, 5) is 0. The number of ether oxygens (including phenoxy) is 1. The molecule has 20 heavy (non-hydrogen) atoms. The highest BCUT2D eigenvalue weighted by molar-refractivity contribution is 5.37. The largest absolute Gasteiger partial charge is 0.377 e. The number of hydrogen-bond donors (Lipinski definition) is 0. The van der Waals surface area contributed by atoms with Gasteiger partial charge >= 0.3 is 0 Å². The van der Waals surface area contributed by atoms with Crippen molar-refractivity contribution in [1.29, 1.82) is 0 Å². The zero-order valence-corrected chi connectivity index (χ0v) is 14.5. The van der Waals surface area contributed by atoms with Gasteiger partial charge in [0.15, 0.2) is 0 Å². The van der Waals surface area contributed by atoms with Crippen LogP contribution in [0.25, 0.3) is 0 Å². The van der Waals surface area contributed by atoms with Crippen molar-refractivity contribution in [3.05, 3.63) is 48.0 Å². The Morgan fingerprint density at radius 3 is 1.55 bits per heavy atom. The van der Waals surface area contributed by atoms with Crippen molar-refractivity contribution in [1.82, 2.24) is 0 Å². The third-order valence-electron chi connectivity index (χ3n) is 3.20. The Kier molecular flexibility index (Phi) is 7.22. The Balaban J connectivity index is 0.00000172. The van der Waals surface area contributed by atoms with E-state index in [1.54, 1.807) is 0 Å². The van der Waals surface area contributed by atoms with Gasteiger partial charge < -0.3 is 4.74 Å². The van der Waals surface area contributed by atoms with Crippen molar-refractivity contribution in [3.8, 4) is 0 Å². The van der Waals surface area contributed by atoms with Crippen LogP contribution >= 0.6 is 0 Å². The molecule has 1 nitrogen and oxygen atoms in total. The molecule has 1 heteroatoms. The Morgan fingerprint density at radius 1 is 0.850 bits per heavy atom. The molecule has 0 fully saturated rings. The van der Waals surface area contributed by atoms with Crippen molar-refractivity contribution in [2.75, 3.05) is 6.61 Å². The fraction of sp³-hybridized carbons (Fsp3) is 0.579. The minimum Gasteiger partial charge on any atom is -0.377 e. The van der Waals surface area contributed by atoms with Crippen molar-refractivity contribution in [2.45, 2.75) is 65.9 Å². The van der Waals surface area contributed by atoms with Gasteiger partial charge in [0.2, 0.25) is 0 Å². The van der Waals surface area contributed by atoms with E-state index in [0.29, 0.717) is 6.61 Å². The molecular weight excluding hydrogens is 244 g/mol. The first-order chi connectivity index (χ1) is 9.14. The standard InChI is InChI=1S/C17H28O.C2H4/c1-8-18-12-13-9-14(16(2,3)4)11-15(10-13)17(5,6)7;1-2/h9-11H,8,12H2,1-7H3;1-2H2. The Labute approximate surface area is 126 Å². The Morgan fingerprint density at radius 2 is 1.25 bits per heavy atom. The fourth-order valence-electron chi connectivity index (χ4n) is 1.86. The molecule has 0 atom stereocenters. The van der Waals surface area contributed by atoms with Gasteiger partial charge in [0.05, 0.1) is 6.61 Å². The highest BCUT2D eigenvalue weighted by atomic mass is 16.5. The smallest absolute Gasteiger partial charge is 0.0716 e. The second-order valence-corrected chi connectivity index (χ2v) is 7.06. The van der Waals surface area contributed by atoms with Gasteiger partial charge in [0, 0.05) is 6.61 Å². The molecule has 0 bridgehead atoms. The molecule has 0 heterocycles. The Bertz CT molecular complexity index is 373. The molecule has 0 aliphatic carbocycles. The van der Waals surface area contributed by atoms with Crippen LogP contribution in [0.2, 0.25) is 0 Å². The third-order valence-corrected chi connectivity index (χ3v) is 3.20. The van der Waals surface area contributed by atoms with Crippen LogP contribution in [0.4, 0.5) is 0 Å². The summed E-state index contributed by atoms with van der Waals surface area (Å²) in [6.45, 7) is 23.1. The van der Waals surface area contributed by atoms with Crippen LogP contribution in [0.1, 0.15) is 65.2 Å². The predicted octanol–water partition coefficient (Wildman–Crippen LogP) is 5.62. The van der Waals surface area contributed by atoms with E-state index in [2.05, 4.69) is 72.9 Å². The molecule has 0 saturated heterocycles. The normalized spacial score (nSPS) is 11.8. The first-order valence-corrected chi connectivity index (χ1v) is 7.37. The van der Waals surface area contributed by atoms with Crippen molar-refractivity contribution >= 4 is 0 Å². The summed E-state index contributed by atoms with van der Waals surface area (Å²) < 4.78 is 5.55. The second-order valence-electron chi connectivity index (χ2n) is 7.06. The van der Waals surface area contributed by atoms with Crippen molar-refractivity contribution in [3.63, 3.8) is 0 Å². The van der Waals surface area contributed by atoms with Gasteiger partial charge in [-0.2, -0.15) is 0 Å². The van der Waals surface area contributed by atoms with E-state index in [-0.39, 0.29) is 10.8 Å². The maximum absolute atomic E-state index is 5.55. The van der Waals surface area contributed by atoms with Gasteiger partial charge in [-0.3, -0.25) is 0 Å². The molecular formula is C19H32O. The first-order valence-electron chi connectivity index (χ1n) is 7.37. The summed E-state index contributed by atoms with van der Waals surface area (Å²) in [6, 6.07) is 6.91. The van der Waals surface area contributed by atoms with E-state index >= 15 is 0 Å². The van der Waals surface area contributed by atoms with Crippen molar-refractivity contribution in [2.24, 2.45) is 0 Å². The van der Waals surface area contributed by atoms with E-state index in [4.69, 9.17) is 4.74 Å². The molecule has 0 unspecified atom stereocenters. The molecule has 0 aliphatic rings. The summed E-state index contributed by atoms with van der Waals surface area (Å²) in [5, 5.41) is 0. The number of hydrogen-bond acceptors (Lipinski definition) is 1. The number of rotatable bonds is 3. The molecule has 0 aliphatic heterocycles. The van der Waals surface area contributed by atoms with E-state index in [0.717, 1.165) is 6.61 Å². The molecule has 114 valence electrons. The third kappa shape index (κ3) is 5.92. The van der Waals surface area contributed by atoms with Crippen LogP contribution in [-0.2, 0) is 22.2 Å². The molecule has 0 saturated carbocycles. The van der Waals surface area contributed by atoms with Crippen LogP contribution in [0.15, 0.2) is 31.4 Å². The molecule has 0 aromatic heterocycles. The maximum Gasteiger partial charge on any atom is 0.0716 e. The maximum atomic E-state index is 5.55. The summed E-state index contributed by atoms with van der Waals surface area (Å²) >= 11 is 0. The summed E-state index contributed by atoms with van der Waals surface area (Å²) in [6.07, 6.45) is 0. The molecule has 0 amide bonds. The lowest BCUT2D eigenvalue weighted by atomic mass is 9.79. The molecule has 0 spiro atoms. The molecule has 1 aromatic rings. The first kappa shape index (κ1) is 18.9. The lowest BCUT2D eigenvalue weighted by molar-refractivity contribution is 0.134.